The fourth-order valence-electron chi connectivity index (χ4n) is 1.25. The van der Waals surface area contributed by atoms with Crippen LogP contribution in [-0.2, 0) is 4.79 Å². The summed E-state index contributed by atoms with van der Waals surface area (Å²) in [5, 5.41) is 11.7. The van der Waals surface area contributed by atoms with Crippen molar-refractivity contribution in [1.82, 2.24) is 5.32 Å². The van der Waals surface area contributed by atoms with Gasteiger partial charge in [-0.25, -0.2) is 0 Å². The van der Waals surface area contributed by atoms with Gasteiger partial charge in [0.1, 0.15) is 5.41 Å². The Hall–Kier alpha value is -1.82. The third kappa shape index (κ3) is 2.83. The molecule has 1 N–H and O–H groups in total. The second-order valence-electron chi connectivity index (χ2n) is 4.34. The smallest absolute Gasteiger partial charge is 0.240 e. The first-order valence-electron chi connectivity index (χ1n) is 5.24. The Kier molecular flexibility index (Phi) is 3.68. The summed E-state index contributed by atoms with van der Waals surface area (Å²) in [4.78, 5) is 11.7. The molecule has 1 rings (SSSR count). The number of nitrogens with zero attached hydrogens (tertiary/aromatic N) is 1. The molecular weight excluding hydrogens is 200 g/mol. The number of carbonyl (C=O) groups is 1. The number of nitriles is 1. The van der Waals surface area contributed by atoms with Gasteiger partial charge in [-0.1, -0.05) is 30.3 Å². The van der Waals surface area contributed by atoms with Gasteiger partial charge in [-0.3, -0.25) is 4.79 Å². The highest BCUT2D eigenvalue weighted by Gasteiger charge is 2.28. The van der Waals surface area contributed by atoms with Crippen molar-refractivity contribution in [3.63, 3.8) is 0 Å². The van der Waals surface area contributed by atoms with Gasteiger partial charge in [0.2, 0.25) is 5.91 Å². The van der Waals surface area contributed by atoms with Gasteiger partial charge in [-0.15, -0.1) is 0 Å². The van der Waals surface area contributed by atoms with Gasteiger partial charge in [-0.05, 0) is 26.3 Å². The molecule has 0 saturated carbocycles. The van der Waals surface area contributed by atoms with Crippen molar-refractivity contribution in [2.24, 2.45) is 5.41 Å². The summed E-state index contributed by atoms with van der Waals surface area (Å²) >= 11 is 0. The molecule has 1 aromatic carbocycles. The van der Waals surface area contributed by atoms with Crippen LogP contribution in [0, 0.1) is 16.7 Å². The van der Waals surface area contributed by atoms with E-state index < -0.39 is 5.41 Å². The molecule has 0 aliphatic heterocycles. The summed E-state index contributed by atoms with van der Waals surface area (Å²) in [7, 11) is 0. The summed E-state index contributed by atoms with van der Waals surface area (Å²) in [6, 6.07) is 11.6. The van der Waals surface area contributed by atoms with E-state index in [9.17, 15) is 4.79 Å². The molecule has 0 heterocycles. The average molecular weight is 216 g/mol. The molecule has 3 heteroatoms. The number of benzene rings is 1. The van der Waals surface area contributed by atoms with Crippen LogP contribution in [0.15, 0.2) is 30.3 Å². The monoisotopic (exact) mass is 216 g/mol. The van der Waals surface area contributed by atoms with Crippen molar-refractivity contribution in [1.29, 1.82) is 5.26 Å². The van der Waals surface area contributed by atoms with Gasteiger partial charge in [-0.2, -0.15) is 5.26 Å². The number of amides is 1. The van der Waals surface area contributed by atoms with Crippen molar-refractivity contribution in [2.45, 2.75) is 26.8 Å². The van der Waals surface area contributed by atoms with Gasteiger partial charge >= 0.3 is 0 Å². The molecule has 0 radical (unpaired) electrons. The van der Waals surface area contributed by atoms with Crippen LogP contribution in [0.3, 0.4) is 0 Å². The molecule has 84 valence electrons. The molecule has 3 nitrogen and oxygen atoms in total. The lowest BCUT2D eigenvalue weighted by molar-refractivity contribution is -0.127. The van der Waals surface area contributed by atoms with E-state index in [-0.39, 0.29) is 11.9 Å². The van der Waals surface area contributed by atoms with Crippen LogP contribution >= 0.6 is 0 Å². The molecule has 16 heavy (non-hydrogen) atoms. The largest absolute Gasteiger partial charge is 0.348 e. The first-order valence-corrected chi connectivity index (χ1v) is 5.24. The Labute approximate surface area is 96.1 Å². The number of hydrogen-bond acceptors (Lipinski definition) is 2. The van der Waals surface area contributed by atoms with E-state index in [4.69, 9.17) is 5.26 Å². The topological polar surface area (TPSA) is 52.9 Å². The van der Waals surface area contributed by atoms with Crippen LogP contribution in [0.4, 0.5) is 0 Å². The SMILES string of the molecule is C[C@@H](NC(=O)C(C)(C)C#N)c1ccccc1. The number of hydrogen-bond donors (Lipinski definition) is 1. The summed E-state index contributed by atoms with van der Waals surface area (Å²) < 4.78 is 0. The summed E-state index contributed by atoms with van der Waals surface area (Å²) in [5.74, 6) is -0.244. The highest BCUT2D eigenvalue weighted by Crippen LogP contribution is 2.17. The van der Waals surface area contributed by atoms with Gasteiger partial charge < -0.3 is 5.32 Å². The van der Waals surface area contributed by atoms with Crippen LogP contribution in [0.2, 0.25) is 0 Å². The lowest BCUT2D eigenvalue weighted by atomic mass is 9.94. The standard InChI is InChI=1S/C13H16N2O/c1-10(11-7-5-4-6-8-11)15-12(16)13(2,3)9-14/h4-8,10H,1-3H3,(H,15,16)/t10-/m1/s1. The van der Waals surface area contributed by atoms with E-state index in [1.165, 1.54) is 0 Å². The molecule has 0 saturated heterocycles. The third-order valence-corrected chi connectivity index (χ3v) is 2.49. The van der Waals surface area contributed by atoms with Gasteiger partial charge in [0, 0.05) is 0 Å². The summed E-state index contributed by atoms with van der Waals surface area (Å²) in [6.45, 7) is 5.13. The minimum atomic E-state index is -0.983. The van der Waals surface area contributed by atoms with Crippen molar-refractivity contribution >= 4 is 5.91 Å². The van der Waals surface area contributed by atoms with E-state index in [1.54, 1.807) is 13.8 Å². The quantitative estimate of drug-likeness (QED) is 0.843. The molecule has 0 spiro atoms. The molecule has 0 bridgehead atoms. The van der Waals surface area contributed by atoms with Crippen molar-refractivity contribution in [2.75, 3.05) is 0 Å². The first-order chi connectivity index (χ1) is 7.47. The van der Waals surface area contributed by atoms with Gasteiger partial charge in [0.15, 0.2) is 0 Å². The molecule has 1 atom stereocenters. The maximum Gasteiger partial charge on any atom is 0.240 e. The molecule has 0 aliphatic carbocycles. The van der Waals surface area contributed by atoms with Crippen LogP contribution in [-0.4, -0.2) is 5.91 Å². The van der Waals surface area contributed by atoms with Crippen molar-refractivity contribution in [3.8, 4) is 6.07 Å². The molecule has 0 aliphatic rings. The van der Waals surface area contributed by atoms with Crippen LogP contribution < -0.4 is 5.32 Å². The number of carbonyl (C=O) groups excluding carboxylic acids is 1. The Morgan fingerprint density at radius 2 is 1.94 bits per heavy atom. The van der Waals surface area contributed by atoms with Crippen molar-refractivity contribution in [3.05, 3.63) is 35.9 Å². The predicted molar refractivity (Wildman–Crippen MR) is 62.4 cm³/mol. The maximum atomic E-state index is 11.7. The fraction of sp³-hybridized carbons (Fsp3) is 0.385. The second-order valence-corrected chi connectivity index (χ2v) is 4.34. The third-order valence-electron chi connectivity index (χ3n) is 2.49. The van der Waals surface area contributed by atoms with Crippen molar-refractivity contribution < 1.29 is 4.79 Å². The molecule has 0 fully saturated rings. The molecular formula is C13H16N2O. The van der Waals surface area contributed by atoms with Crippen LogP contribution in [0.1, 0.15) is 32.4 Å². The Balaban J connectivity index is 2.70. The Morgan fingerprint density at radius 1 is 1.38 bits per heavy atom. The number of nitrogens with one attached hydrogen (secondary N) is 1. The number of rotatable bonds is 3. The van der Waals surface area contributed by atoms with E-state index in [0.717, 1.165) is 5.56 Å². The zero-order valence-electron chi connectivity index (χ0n) is 9.82. The zero-order chi connectivity index (χ0) is 12.2. The second kappa shape index (κ2) is 4.80. The Morgan fingerprint density at radius 3 is 2.44 bits per heavy atom. The lowest BCUT2D eigenvalue weighted by Gasteiger charge is -2.20. The van der Waals surface area contributed by atoms with Crippen LogP contribution in [0.5, 0.6) is 0 Å². The van der Waals surface area contributed by atoms with E-state index in [1.807, 2.05) is 43.3 Å². The highest BCUT2D eigenvalue weighted by molar-refractivity contribution is 5.84. The predicted octanol–water partition coefficient (Wildman–Crippen LogP) is 2.41. The van der Waals surface area contributed by atoms with Crippen LogP contribution in [0.25, 0.3) is 0 Å². The Bertz CT molecular complexity index is 404. The molecule has 1 amide bonds. The average Bonchev–Trinajstić information content (AvgIpc) is 2.30. The van der Waals surface area contributed by atoms with E-state index >= 15 is 0 Å². The summed E-state index contributed by atoms with van der Waals surface area (Å²) in [6.07, 6.45) is 0. The minimum absolute atomic E-state index is 0.0821. The molecule has 0 aromatic heterocycles. The normalized spacial score (nSPS) is 12.6. The fourth-order valence-corrected chi connectivity index (χ4v) is 1.25. The van der Waals surface area contributed by atoms with E-state index in [2.05, 4.69) is 5.32 Å². The highest BCUT2D eigenvalue weighted by atomic mass is 16.2. The van der Waals surface area contributed by atoms with Gasteiger partial charge in [0.05, 0.1) is 12.1 Å². The van der Waals surface area contributed by atoms with E-state index in [0.29, 0.717) is 0 Å². The maximum absolute atomic E-state index is 11.7. The zero-order valence-corrected chi connectivity index (χ0v) is 9.82. The lowest BCUT2D eigenvalue weighted by Crippen LogP contribution is -2.37. The molecule has 0 unspecified atom stereocenters. The summed E-state index contributed by atoms with van der Waals surface area (Å²) in [5.41, 5.74) is 0.0489. The van der Waals surface area contributed by atoms with Gasteiger partial charge in [0.25, 0.3) is 0 Å². The molecule has 1 aromatic rings. The minimum Gasteiger partial charge on any atom is -0.348 e. The first kappa shape index (κ1) is 12.3.